The number of rotatable bonds is 14. The Morgan fingerprint density at radius 1 is 0.873 bits per heavy atom. The number of benzene rings is 5. The number of nitrogens with zero attached hydrogens (tertiary/aromatic N) is 6. The average molecular weight is 885 g/mol. The third-order valence-corrected chi connectivity index (χ3v) is 13.7. The summed E-state index contributed by atoms with van der Waals surface area (Å²) in [5.41, 5.74) is 1.17. The molecule has 1 saturated carbocycles. The van der Waals surface area contributed by atoms with Gasteiger partial charge in [-0.25, -0.2) is 29.1 Å². The Kier molecular flexibility index (Phi) is 10.9. The first-order chi connectivity index (χ1) is 30.7. The molecule has 0 radical (unpaired) electrons. The van der Waals surface area contributed by atoms with E-state index in [1.54, 1.807) is 25.4 Å². The van der Waals surface area contributed by atoms with Crippen molar-refractivity contribution >= 4 is 70.8 Å². The second-order valence-electron chi connectivity index (χ2n) is 16.0. The van der Waals surface area contributed by atoms with Gasteiger partial charge in [0.2, 0.25) is 12.0 Å². The van der Waals surface area contributed by atoms with Crippen molar-refractivity contribution in [2.45, 2.75) is 31.0 Å². The molecule has 2 fully saturated rings. The van der Waals surface area contributed by atoms with Gasteiger partial charge in [0.05, 0.1) is 28.8 Å². The highest BCUT2D eigenvalue weighted by molar-refractivity contribution is 7.26. The van der Waals surface area contributed by atoms with Gasteiger partial charge in [0.1, 0.15) is 47.4 Å². The number of methoxy groups -OCH3 is 1. The molecule has 1 aliphatic heterocycles. The summed E-state index contributed by atoms with van der Waals surface area (Å²) in [7, 11) is 3.73. The van der Waals surface area contributed by atoms with E-state index in [-0.39, 0.29) is 12.5 Å². The average Bonchev–Trinajstić information content (AvgIpc) is 4.00. The van der Waals surface area contributed by atoms with E-state index in [0.717, 1.165) is 59.1 Å². The highest BCUT2D eigenvalue weighted by Crippen LogP contribution is 2.56. The topological polar surface area (TPSA) is 132 Å². The Morgan fingerprint density at radius 2 is 1.65 bits per heavy atom. The molecular formula is C48H42ClFN6O6S. The first kappa shape index (κ1) is 40.9. The van der Waals surface area contributed by atoms with Crippen molar-refractivity contribution in [2.24, 2.45) is 0 Å². The number of aromatic nitrogens is 4. The van der Waals surface area contributed by atoms with Crippen LogP contribution in [-0.2, 0) is 16.8 Å². The Labute approximate surface area is 370 Å². The van der Waals surface area contributed by atoms with Crippen LogP contribution in [0.1, 0.15) is 24.1 Å². The summed E-state index contributed by atoms with van der Waals surface area (Å²) < 4.78 is 40.8. The van der Waals surface area contributed by atoms with E-state index in [0.29, 0.717) is 79.8 Å². The fourth-order valence-corrected chi connectivity index (χ4v) is 10.3. The zero-order valence-corrected chi connectivity index (χ0v) is 36.1. The quantitative estimate of drug-likeness (QED) is 0.105. The molecule has 1 saturated heterocycles. The highest BCUT2D eigenvalue weighted by Gasteiger charge is 2.57. The zero-order valence-electron chi connectivity index (χ0n) is 34.5. The number of carboxylic acids is 1. The van der Waals surface area contributed by atoms with E-state index >= 15 is 4.39 Å². The number of para-hydroxylation sites is 2. The van der Waals surface area contributed by atoms with Gasteiger partial charge in [-0.3, -0.25) is 4.90 Å². The molecule has 1 N–H and O–H groups in total. The van der Waals surface area contributed by atoms with Crippen molar-refractivity contribution in [3.05, 3.63) is 120 Å². The minimum absolute atomic E-state index is 0.111. The van der Waals surface area contributed by atoms with Crippen molar-refractivity contribution in [2.75, 3.05) is 53.5 Å². The molecule has 1 aliphatic carbocycles. The van der Waals surface area contributed by atoms with Gasteiger partial charge >= 0.3 is 5.97 Å². The van der Waals surface area contributed by atoms with Crippen molar-refractivity contribution in [3.8, 4) is 34.5 Å². The lowest BCUT2D eigenvalue weighted by atomic mass is 9.89. The summed E-state index contributed by atoms with van der Waals surface area (Å²) in [6, 6.07) is 25.2. The fourth-order valence-electron chi connectivity index (χ4n) is 8.77. The molecule has 63 heavy (non-hydrogen) atoms. The molecule has 2 aliphatic rings. The summed E-state index contributed by atoms with van der Waals surface area (Å²) in [5.74, 6) is 0.755. The van der Waals surface area contributed by atoms with Gasteiger partial charge in [-0.15, -0.1) is 11.3 Å². The molecule has 12 nitrogen and oxygen atoms in total. The fraction of sp³-hybridized carbons (Fsp3) is 0.271. The number of carboxylic acid groups (broad SMARTS) is 1. The van der Waals surface area contributed by atoms with Gasteiger partial charge < -0.3 is 29.0 Å². The summed E-state index contributed by atoms with van der Waals surface area (Å²) in [5, 5.41) is 15.3. The highest BCUT2D eigenvalue weighted by atomic mass is 35.5. The number of fused-ring (bicyclic) bond motifs is 8. The molecule has 320 valence electrons. The van der Waals surface area contributed by atoms with Crippen LogP contribution in [0.5, 0.6) is 23.1 Å². The normalized spacial score (nSPS) is 15.8. The van der Waals surface area contributed by atoms with Crippen molar-refractivity contribution < 1.29 is 33.2 Å². The van der Waals surface area contributed by atoms with E-state index in [4.69, 9.17) is 35.5 Å². The SMILES string of the molecule is COc1ccccc1-c1nccc(COc2ccccc2C2([C@@H](Oc3ncnc4sc5c6ccc(F)cc6c6c(Cl)c(OCCN7CCN(C)CC7)ccc6c5c34)C(=O)O)CC2)n1. The molecule has 0 unspecified atom stereocenters. The van der Waals surface area contributed by atoms with Crippen molar-refractivity contribution in [1.82, 2.24) is 29.7 Å². The Bertz CT molecular complexity index is 3050. The number of hydrogen-bond donors (Lipinski definition) is 1. The van der Waals surface area contributed by atoms with Crippen LogP contribution in [0.4, 0.5) is 4.39 Å². The second kappa shape index (κ2) is 16.8. The number of hydrogen-bond acceptors (Lipinski definition) is 12. The molecule has 15 heteroatoms. The third kappa shape index (κ3) is 7.60. The molecule has 3 aromatic heterocycles. The maximum absolute atomic E-state index is 15.1. The lowest BCUT2D eigenvalue weighted by Crippen LogP contribution is -2.45. The van der Waals surface area contributed by atoms with Crippen LogP contribution in [0.2, 0.25) is 5.02 Å². The van der Waals surface area contributed by atoms with Crippen LogP contribution in [0.3, 0.4) is 0 Å². The number of thiophene rings is 1. The number of likely N-dealkylation sites (N-methyl/N-ethyl adjacent to an activating group) is 1. The smallest absolute Gasteiger partial charge is 0.345 e. The third-order valence-electron chi connectivity index (χ3n) is 12.2. The van der Waals surface area contributed by atoms with Crippen molar-refractivity contribution in [1.29, 1.82) is 0 Å². The van der Waals surface area contributed by atoms with Crippen LogP contribution in [0.25, 0.3) is 53.2 Å². The van der Waals surface area contributed by atoms with Gasteiger partial charge in [-0.05, 0) is 79.2 Å². The minimum atomic E-state index is -1.34. The van der Waals surface area contributed by atoms with Crippen LogP contribution in [-0.4, -0.2) is 100 Å². The molecule has 5 aromatic carbocycles. The minimum Gasteiger partial charge on any atom is -0.496 e. The standard InChI is InChI=1S/C48H42ClFN6O6S/c1-55-19-21-56(22-20-55)23-24-60-37-14-13-32-38(41(37)49)33-25-28(50)11-12-30(33)42-39(32)40-45(52-27-53-46(40)63-42)62-43(47(57)58)48(16-17-48)34-8-4-6-10-36(34)61-26-29-15-18-51-44(54-29)31-7-3-5-9-35(31)59-2/h3-15,18,25,27,43H,16-17,19-24,26H2,1-2H3,(H,57,58)/t43-/m0/s1. The number of halogens is 2. The number of aliphatic carboxylic acids is 1. The van der Waals surface area contributed by atoms with Crippen LogP contribution >= 0.6 is 22.9 Å². The summed E-state index contributed by atoms with van der Waals surface area (Å²) >= 11 is 8.64. The van der Waals surface area contributed by atoms with E-state index in [9.17, 15) is 9.90 Å². The maximum atomic E-state index is 15.1. The van der Waals surface area contributed by atoms with E-state index in [1.165, 1.54) is 29.8 Å². The molecule has 0 spiro atoms. The second-order valence-corrected chi connectivity index (χ2v) is 17.4. The molecular weight excluding hydrogens is 843 g/mol. The van der Waals surface area contributed by atoms with Crippen LogP contribution in [0, 0.1) is 5.82 Å². The Balaban J connectivity index is 0.996. The maximum Gasteiger partial charge on any atom is 0.345 e. The molecule has 10 rings (SSSR count). The number of carbonyl (C=O) groups is 1. The van der Waals surface area contributed by atoms with E-state index < -0.39 is 23.3 Å². The number of piperazine rings is 1. The number of ether oxygens (including phenoxy) is 4. The predicted molar refractivity (Wildman–Crippen MR) is 242 cm³/mol. The monoisotopic (exact) mass is 884 g/mol. The summed E-state index contributed by atoms with van der Waals surface area (Å²) in [4.78, 5) is 37.1. The first-order valence-electron chi connectivity index (χ1n) is 20.7. The molecule has 1 atom stereocenters. The Morgan fingerprint density at radius 3 is 2.44 bits per heavy atom. The lowest BCUT2D eigenvalue weighted by molar-refractivity contribution is -0.147. The van der Waals surface area contributed by atoms with Gasteiger partial charge in [-0.1, -0.05) is 48.0 Å². The first-order valence-corrected chi connectivity index (χ1v) is 21.9. The zero-order chi connectivity index (χ0) is 43.2. The van der Waals surface area contributed by atoms with Crippen LogP contribution < -0.4 is 18.9 Å². The largest absolute Gasteiger partial charge is 0.496 e. The van der Waals surface area contributed by atoms with Gasteiger partial charge in [-0.2, -0.15) is 0 Å². The Hall–Kier alpha value is -6.19. The van der Waals surface area contributed by atoms with Gasteiger partial charge in [0, 0.05) is 70.8 Å². The molecule has 0 bridgehead atoms. The lowest BCUT2D eigenvalue weighted by Gasteiger charge is -2.32. The van der Waals surface area contributed by atoms with Crippen LogP contribution in [0.15, 0.2) is 97.5 Å². The van der Waals surface area contributed by atoms with Gasteiger partial charge in [0.15, 0.2) is 5.82 Å². The van der Waals surface area contributed by atoms with E-state index in [1.807, 2.05) is 60.7 Å². The molecule has 4 heterocycles. The van der Waals surface area contributed by atoms with Crippen molar-refractivity contribution in [3.63, 3.8) is 0 Å². The summed E-state index contributed by atoms with van der Waals surface area (Å²) in [6.45, 7) is 5.23. The van der Waals surface area contributed by atoms with E-state index in [2.05, 4.69) is 31.8 Å². The van der Waals surface area contributed by atoms with Gasteiger partial charge in [0.25, 0.3) is 0 Å². The predicted octanol–water partition coefficient (Wildman–Crippen LogP) is 9.18. The molecule has 8 aromatic rings. The summed E-state index contributed by atoms with van der Waals surface area (Å²) in [6.07, 6.45) is 2.80. The molecule has 0 amide bonds.